The summed E-state index contributed by atoms with van der Waals surface area (Å²) >= 11 is 0. The van der Waals surface area contributed by atoms with Crippen molar-refractivity contribution in [1.82, 2.24) is 10.6 Å². The molecule has 1 aliphatic carbocycles. The van der Waals surface area contributed by atoms with E-state index in [1.165, 1.54) is 6.42 Å². The largest absolute Gasteiger partial charge is 0.388 e. The molecule has 0 heterocycles. The van der Waals surface area contributed by atoms with E-state index in [2.05, 4.69) is 15.6 Å². The van der Waals surface area contributed by atoms with Crippen molar-refractivity contribution in [3.8, 4) is 0 Å². The number of hydrogen-bond acceptors (Lipinski definition) is 3. The second kappa shape index (κ2) is 8.32. The SMILES string of the molecule is CCNC(=NCC1(O)CCCCC1)NCCOC. The molecule has 0 aromatic rings. The van der Waals surface area contributed by atoms with Gasteiger partial charge in [-0.15, -0.1) is 0 Å². The summed E-state index contributed by atoms with van der Waals surface area (Å²) in [6.07, 6.45) is 5.19. The average Bonchev–Trinajstić information content (AvgIpc) is 2.37. The van der Waals surface area contributed by atoms with E-state index in [1.807, 2.05) is 6.92 Å². The third kappa shape index (κ3) is 5.69. The summed E-state index contributed by atoms with van der Waals surface area (Å²) in [6.45, 7) is 4.70. The molecule has 0 aromatic heterocycles. The van der Waals surface area contributed by atoms with Crippen molar-refractivity contribution >= 4 is 5.96 Å². The summed E-state index contributed by atoms with van der Waals surface area (Å²) in [5.74, 6) is 0.758. The standard InChI is InChI=1S/C13H27N3O2/c1-3-14-12(15-9-10-18-2)16-11-13(17)7-5-4-6-8-13/h17H,3-11H2,1-2H3,(H2,14,15,16). The Bertz CT molecular complexity index is 251. The second-order valence-corrected chi connectivity index (χ2v) is 4.90. The van der Waals surface area contributed by atoms with E-state index in [9.17, 15) is 5.11 Å². The van der Waals surface area contributed by atoms with E-state index in [4.69, 9.17) is 4.74 Å². The lowest BCUT2D eigenvalue weighted by atomic mass is 9.85. The maximum absolute atomic E-state index is 10.4. The zero-order valence-electron chi connectivity index (χ0n) is 11.7. The number of nitrogens with zero attached hydrogens (tertiary/aromatic N) is 1. The molecule has 3 N–H and O–H groups in total. The zero-order valence-corrected chi connectivity index (χ0v) is 11.7. The maximum atomic E-state index is 10.4. The molecule has 0 aromatic carbocycles. The van der Waals surface area contributed by atoms with E-state index < -0.39 is 5.60 Å². The van der Waals surface area contributed by atoms with Gasteiger partial charge in [-0.1, -0.05) is 19.3 Å². The predicted molar refractivity (Wildman–Crippen MR) is 73.9 cm³/mol. The molecule has 18 heavy (non-hydrogen) atoms. The van der Waals surface area contributed by atoms with Crippen molar-refractivity contribution in [2.75, 3.05) is 33.4 Å². The van der Waals surface area contributed by atoms with E-state index in [0.29, 0.717) is 13.2 Å². The van der Waals surface area contributed by atoms with Gasteiger partial charge in [0.1, 0.15) is 0 Å². The number of rotatable bonds is 6. The van der Waals surface area contributed by atoms with Crippen molar-refractivity contribution in [2.24, 2.45) is 4.99 Å². The molecule has 1 aliphatic rings. The molecule has 106 valence electrons. The minimum atomic E-state index is -0.595. The Morgan fingerprint density at radius 2 is 2.00 bits per heavy atom. The lowest BCUT2D eigenvalue weighted by Gasteiger charge is -2.30. The quantitative estimate of drug-likeness (QED) is 0.375. The second-order valence-electron chi connectivity index (χ2n) is 4.90. The lowest BCUT2D eigenvalue weighted by Crippen LogP contribution is -2.41. The highest BCUT2D eigenvalue weighted by Gasteiger charge is 2.28. The summed E-state index contributed by atoms with van der Waals surface area (Å²) in [5.41, 5.74) is -0.595. The molecule has 0 saturated heterocycles. The van der Waals surface area contributed by atoms with Gasteiger partial charge in [0.05, 0.1) is 18.8 Å². The summed E-state index contributed by atoms with van der Waals surface area (Å²) in [7, 11) is 1.68. The van der Waals surface area contributed by atoms with Crippen molar-refractivity contribution in [1.29, 1.82) is 0 Å². The van der Waals surface area contributed by atoms with Gasteiger partial charge in [-0.3, -0.25) is 4.99 Å². The zero-order chi connectivity index (χ0) is 13.3. The summed E-state index contributed by atoms with van der Waals surface area (Å²) in [5, 5.41) is 16.7. The van der Waals surface area contributed by atoms with Crippen LogP contribution >= 0.6 is 0 Å². The van der Waals surface area contributed by atoms with Crippen LogP contribution in [0.4, 0.5) is 0 Å². The molecule has 0 aliphatic heterocycles. The van der Waals surface area contributed by atoms with Gasteiger partial charge in [-0.25, -0.2) is 0 Å². The highest BCUT2D eigenvalue weighted by molar-refractivity contribution is 5.79. The summed E-state index contributed by atoms with van der Waals surface area (Å²) < 4.78 is 4.99. The summed E-state index contributed by atoms with van der Waals surface area (Å²) in [4.78, 5) is 4.47. The monoisotopic (exact) mass is 257 g/mol. The van der Waals surface area contributed by atoms with Gasteiger partial charge < -0.3 is 20.5 Å². The van der Waals surface area contributed by atoms with Crippen molar-refractivity contribution in [3.05, 3.63) is 0 Å². The van der Waals surface area contributed by atoms with Crippen LogP contribution < -0.4 is 10.6 Å². The smallest absolute Gasteiger partial charge is 0.191 e. The molecule has 1 fully saturated rings. The van der Waals surface area contributed by atoms with Crippen LogP contribution in [0, 0.1) is 0 Å². The minimum Gasteiger partial charge on any atom is -0.388 e. The van der Waals surface area contributed by atoms with Crippen molar-refractivity contribution in [3.63, 3.8) is 0 Å². The molecule has 1 rings (SSSR count). The van der Waals surface area contributed by atoms with Crippen LogP contribution in [0.1, 0.15) is 39.0 Å². The molecule has 0 unspecified atom stereocenters. The minimum absolute atomic E-state index is 0.481. The van der Waals surface area contributed by atoms with Crippen molar-refractivity contribution < 1.29 is 9.84 Å². The highest BCUT2D eigenvalue weighted by Crippen LogP contribution is 2.28. The third-order valence-electron chi connectivity index (χ3n) is 3.26. The first-order valence-corrected chi connectivity index (χ1v) is 6.94. The van der Waals surface area contributed by atoms with Crippen LogP contribution in [0.3, 0.4) is 0 Å². The Hall–Kier alpha value is -0.810. The van der Waals surface area contributed by atoms with Gasteiger partial charge in [0, 0.05) is 20.2 Å². The third-order valence-corrected chi connectivity index (χ3v) is 3.26. The van der Waals surface area contributed by atoms with Crippen molar-refractivity contribution in [2.45, 2.75) is 44.6 Å². The number of aliphatic imine (C=N–C) groups is 1. The molecule has 5 nitrogen and oxygen atoms in total. The Labute approximate surface area is 110 Å². The van der Waals surface area contributed by atoms with E-state index in [0.717, 1.165) is 44.7 Å². The molecule has 0 radical (unpaired) electrons. The van der Waals surface area contributed by atoms with Gasteiger partial charge >= 0.3 is 0 Å². The molecule has 0 bridgehead atoms. The number of ether oxygens (including phenoxy) is 1. The molecule has 0 amide bonds. The molecule has 5 heteroatoms. The lowest BCUT2D eigenvalue weighted by molar-refractivity contribution is 0.0131. The van der Waals surface area contributed by atoms with Crippen LogP contribution in [0.2, 0.25) is 0 Å². The first kappa shape index (κ1) is 15.2. The first-order chi connectivity index (χ1) is 8.70. The Kier molecular flexibility index (Phi) is 7.05. The van der Waals surface area contributed by atoms with Crippen LogP contribution in [0.25, 0.3) is 0 Å². The van der Waals surface area contributed by atoms with Crippen LogP contribution in [0.5, 0.6) is 0 Å². The van der Waals surface area contributed by atoms with Gasteiger partial charge in [-0.2, -0.15) is 0 Å². The Balaban J connectivity index is 2.42. The molecular weight excluding hydrogens is 230 g/mol. The normalized spacial score (nSPS) is 19.6. The topological polar surface area (TPSA) is 65.9 Å². The van der Waals surface area contributed by atoms with E-state index >= 15 is 0 Å². The number of hydrogen-bond donors (Lipinski definition) is 3. The van der Waals surface area contributed by atoms with Crippen LogP contribution in [-0.2, 0) is 4.74 Å². The van der Waals surface area contributed by atoms with Gasteiger partial charge in [0.15, 0.2) is 5.96 Å². The van der Waals surface area contributed by atoms with Gasteiger partial charge in [0.2, 0.25) is 0 Å². The molecular formula is C13H27N3O2. The predicted octanol–water partition coefficient (Wildman–Crippen LogP) is 0.883. The number of methoxy groups -OCH3 is 1. The van der Waals surface area contributed by atoms with Gasteiger partial charge in [0.25, 0.3) is 0 Å². The van der Waals surface area contributed by atoms with Crippen LogP contribution in [0.15, 0.2) is 4.99 Å². The fourth-order valence-corrected chi connectivity index (χ4v) is 2.21. The van der Waals surface area contributed by atoms with E-state index in [1.54, 1.807) is 7.11 Å². The summed E-state index contributed by atoms with van der Waals surface area (Å²) in [6, 6.07) is 0. The number of guanidine groups is 1. The molecule has 0 spiro atoms. The van der Waals surface area contributed by atoms with Gasteiger partial charge in [-0.05, 0) is 19.8 Å². The molecule has 1 saturated carbocycles. The Morgan fingerprint density at radius 1 is 1.28 bits per heavy atom. The fourth-order valence-electron chi connectivity index (χ4n) is 2.21. The van der Waals surface area contributed by atoms with Crippen LogP contribution in [-0.4, -0.2) is 50.0 Å². The first-order valence-electron chi connectivity index (χ1n) is 6.94. The number of aliphatic hydroxyl groups is 1. The Morgan fingerprint density at radius 3 is 2.61 bits per heavy atom. The number of nitrogens with one attached hydrogen (secondary N) is 2. The average molecular weight is 257 g/mol. The maximum Gasteiger partial charge on any atom is 0.191 e. The van der Waals surface area contributed by atoms with E-state index in [-0.39, 0.29) is 0 Å². The molecule has 0 atom stereocenters. The highest BCUT2D eigenvalue weighted by atomic mass is 16.5. The fraction of sp³-hybridized carbons (Fsp3) is 0.923.